The third kappa shape index (κ3) is 4.39. The van der Waals surface area contributed by atoms with Crippen LogP contribution in [0.15, 0.2) is 35.9 Å². The molecule has 34 heavy (non-hydrogen) atoms. The monoisotopic (exact) mass is 491 g/mol. The number of ether oxygens (including phenoxy) is 1. The number of benzene rings is 1. The highest BCUT2D eigenvalue weighted by molar-refractivity contribution is 7.54. The van der Waals surface area contributed by atoms with Crippen molar-refractivity contribution in [1.29, 1.82) is 0 Å². The Morgan fingerprint density at radius 2 is 1.82 bits per heavy atom. The van der Waals surface area contributed by atoms with E-state index in [1.807, 2.05) is 13.0 Å². The first-order valence-corrected chi connectivity index (χ1v) is 13.2. The van der Waals surface area contributed by atoms with E-state index in [0.29, 0.717) is 11.3 Å². The smallest absolute Gasteiger partial charge is 0.421 e. The average Bonchev–Trinajstić information content (AvgIpc) is 2.99. The number of nitrogens with zero attached hydrogens (tertiary/aromatic N) is 1. The highest BCUT2D eigenvalue weighted by Gasteiger charge is 2.66. The summed E-state index contributed by atoms with van der Waals surface area (Å²) >= 11 is 0. The lowest BCUT2D eigenvalue weighted by Gasteiger charge is -2.46. The summed E-state index contributed by atoms with van der Waals surface area (Å²) in [6, 6.07) is 6.90. The summed E-state index contributed by atoms with van der Waals surface area (Å²) in [5, 5.41) is 0. The van der Waals surface area contributed by atoms with Crippen LogP contribution in [0.3, 0.4) is 0 Å². The molecule has 1 aromatic carbocycles. The summed E-state index contributed by atoms with van der Waals surface area (Å²) in [5.41, 5.74) is -1.49. The van der Waals surface area contributed by atoms with Gasteiger partial charge in [0, 0.05) is 12.3 Å². The molecule has 1 aliphatic heterocycles. The van der Waals surface area contributed by atoms with Crippen LogP contribution in [0.25, 0.3) is 0 Å². The molecule has 186 valence electrons. The molecular formula is C25H34NO7P. The number of rotatable bonds is 7. The van der Waals surface area contributed by atoms with E-state index in [1.165, 1.54) is 0 Å². The fourth-order valence-corrected chi connectivity index (χ4v) is 7.75. The summed E-state index contributed by atoms with van der Waals surface area (Å²) in [6.07, 6.45) is 2.07. The molecule has 3 atom stereocenters. The van der Waals surface area contributed by atoms with Crippen molar-refractivity contribution in [3.63, 3.8) is 0 Å². The maximum Gasteiger partial charge on any atom is 0.421 e. The molecule has 0 radical (unpaired) electrons. The minimum Gasteiger partial charge on any atom is -0.443 e. The van der Waals surface area contributed by atoms with Gasteiger partial charge >= 0.3 is 13.7 Å². The van der Waals surface area contributed by atoms with Gasteiger partial charge in [-0.1, -0.05) is 29.8 Å². The van der Waals surface area contributed by atoms with Crippen molar-refractivity contribution in [2.75, 3.05) is 18.1 Å². The Morgan fingerprint density at radius 3 is 2.38 bits per heavy atom. The van der Waals surface area contributed by atoms with Gasteiger partial charge < -0.3 is 18.6 Å². The molecule has 8 nitrogen and oxygen atoms in total. The first kappa shape index (κ1) is 26.3. The predicted octanol–water partition coefficient (Wildman–Crippen LogP) is 5.40. The lowest BCUT2D eigenvalue weighted by atomic mass is 9.63. The molecule has 0 fully saturated rings. The molecule has 9 heteroatoms. The number of hydrogen-bond acceptors (Lipinski definition) is 7. The van der Waals surface area contributed by atoms with Crippen LogP contribution in [0.5, 0.6) is 0 Å². The van der Waals surface area contributed by atoms with E-state index in [0.717, 1.165) is 16.8 Å². The largest absolute Gasteiger partial charge is 0.443 e. The topological polar surface area (TPSA) is 99.2 Å². The van der Waals surface area contributed by atoms with Crippen LogP contribution in [0.1, 0.15) is 59.9 Å². The molecule has 0 N–H and O–H groups in total. The number of amides is 2. The number of para-hydroxylation sites is 1. The maximum atomic E-state index is 14.4. The van der Waals surface area contributed by atoms with E-state index < -0.39 is 42.2 Å². The van der Waals surface area contributed by atoms with Crippen molar-refractivity contribution < 1.29 is 32.7 Å². The summed E-state index contributed by atoms with van der Waals surface area (Å²) < 4.78 is 31.3. The van der Waals surface area contributed by atoms with Gasteiger partial charge in [0.15, 0.2) is 0 Å². The molecule has 0 saturated heterocycles. The average molecular weight is 492 g/mol. The number of hydrogen-bond donors (Lipinski definition) is 0. The fraction of sp³-hybridized carbons (Fsp3) is 0.560. The lowest BCUT2D eigenvalue weighted by molar-refractivity contribution is -0.125. The van der Waals surface area contributed by atoms with E-state index in [1.54, 1.807) is 58.9 Å². The van der Waals surface area contributed by atoms with Gasteiger partial charge in [-0.15, -0.1) is 0 Å². The number of carbonyl (C=O) groups excluding carboxylic acids is 3. The molecule has 0 unspecified atom stereocenters. The zero-order valence-corrected chi connectivity index (χ0v) is 21.6. The highest BCUT2D eigenvalue weighted by atomic mass is 31.2. The Morgan fingerprint density at radius 1 is 1.21 bits per heavy atom. The lowest BCUT2D eigenvalue weighted by Crippen LogP contribution is -2.56. The van der Waals surface area contributed by atoms with Crippen LogP contribution in [0.4, 0.5) is 10.5 Å². The number of anilines is 1. The Kier molecular flexibility index (Phi) is 7.56. The Hall–Kier alpha value is -2.28. The zero-order chi connectivity index (χ0) is 25.3. The molecule has 1 spiro atoms. The van der Waals surface area contributed by atoms with Crippen LogP contribution in [0, 0.1) is 5.92 Å². The minimum atomic E-state index is -3.85. The van der Waals surface area contributed by atoms with Gasteiger partial charge in [0.25, 0.3) is 0 Å². The molecule has 2 aliphatic rings. The van der Waals surface area contributed by atoms with Crippen LogP contribution in [0.2, 0.25) is 0 Å². The van der Waals surface area contributed by atoms with Crippen molar-refractivity contribution in [3.05, 3.63) is 41.5 Å². The Balaban J connectivity index is 2.33. The number of fused-ring (bicyclic) bond motifs is 2. The Bertz CT molecular complexity index is 1030. The fourth-order valence-electron chi connectivity index (χ4n) is 5.15. The van der Waals surface area contributed by atoms with Crippen molar-refractivity contribution in [1.82, 2.24) is 0 Å². The first-order chi connectivity index (χ1) is 16.0. The van der Waals surface area contributed by atoms with E-state index >= 15 is 0 Å². The number of imide groups is 1. The summed E-state index contributed by atoms with van der Waals surface area (Å²) in [4.78, 5) is 40.4. The third-order valence-electron chi connectivity index (χ3n) is 6.19. The molecule has 0 bridgehead atoms. The van der Waals surface area contributed by atoms with Crippen LogP contribution >= 0.6 is 7.60 Å². The molecule has 1 aliphatic carbocycles. The minimum absolute atomic E-state index is 0.00826. The van der Waals surface area contributed by atoms with Crippen LogP contribution in [-0.2, 0) is 33.4 Å². The molecule has 1 aromatic rings. The van der Waals surface area contributed by atoms with Crippen molar-refractivity contribution in [3.8, 4) is 0 Å². The van der Waals surface area contributed by atoms with Crippen LogP contribution in [-0.4, -0.2) is 42.8 Å². The normalized spacial score (nSPS) is 24.7. The third-order valence-corrected chi connectivity index (χ3v) is 8.77. The molecule has 3 rings (SSSR count). The van der Waals surface area contributed by atoms with E-state index in [2.05, 4.69) is 0 Å². The summed E-state index contributed by atoms with van der Waals surface area (Å²) in [7, 11) is -3.85. The summed E-state index contributed by atoms with van der Waals surface area (Å²) in [5.74, 6) is -1.22. The number of carbonyl (C=O) groups is 3. The SMILES string of the molecule is CCOP(=O)(OCC)[C@H]1CC(C)=C[C@H](CC=O)[C@]12C(=O)N(C(=O)OC(C)(C)C)c1ccccc12. The first-order valence-electron chi connectivity index (χ1n) is 11.6. The maximum absolute atomic E-state index is 14.4. The Labute approximate surface area is 201 Å². The second-order valence-electron chi connectivity index (χ2n) is 9.62. The van der Waals surface area contributed by atoms with E-state index in [-0.39, 0.29) is 26.1 Å². The van der Waals surface area contributed by atoms with Gasteiger partial charge in [-0.2, -0.15) is 0 Å². The quantitative estimate of drug-likeness (QED) is 0.286. The molecular weight excluding hydrogens is 457 g/mol. The second kappa shape index (κ2) is 9.76. The van der Waals surface area contributed by atoms with Gasteiger partial charge in [-0.05, 0) is 59.6 Å². The van der Waals surface area contributed by atoms with Gasteiger partial charge in [-0.3, -0.25) is 9.36 Å². The molecule has 2 amide bonds. The molecule has 0 aromatic heterocycles. The predicted molar refractivity (Wildman–Crippen MR) is 129 cm³/mol. The van der Waals surface area contributed by atoms with Crippen LogP contribution < -0.4 is 4.90 Å². The van der Waals surface area contributed by atoms with Crippen molar-refractivity contribution in [2.45, 2.75) is 71.1 Å². The molecule has 1 heterocycles. The summed E-state index contributed by atoms with van der Waals surface area (Å²) in [6.45, 7) is 10.7. The standard InChI is InChI=1S/C25H34NO7P/c1-7-31-34(30,32-8-2)21-16-17(3)15-18(13-14-27)25(21)19-11-9-10-12-20(19)26(22(25)28)23(29)33-24(4,5)6/h9-12,14-15,18,21H,7-8,13,16H2,1-6H3/t18-,21-,25+/m0/s1. The highest BCUT2D eigenvalue weighted by Crippen LogP contribution is 2.67. The zero-order valence-electron chi connectivity index (χ0n) is 20.7. The second-order valence-corrected chi connectivity index (χ2v) is 11.8. The van der Waals surface area contributed by atoms with Gasteiger partial charge in [0.05, 0.1) is 30.0 Å². The van der Waals surface area contributed by atoms with Gasteiger partial charge in [0.2, 0.25) is 5.91 Å². The van der Waals surface area contributed by atoms with E-state index in [9.17, 15) is 18.9 Å². The van der Waals surface area contributed by atoms with Crippen molar-refractivity contribution >= 4 is 31.6 Å². The molecule has 0 saturated carbocycles. The van der Waals surface area contributed by atoms with Gasteiger partial charge in [-0.25, -0.2) is 9.69 Å². The van der Waals surface area contributed by atoms with Crippen molar-refractivity contribution in [2.24, 2.45) is 5.92 Å². The van der Waals surface area contributed by atoms with Gasteiger partial charge in [0.1, 0.15) is 11.9 Å². The number of aldehydes is 1. The van der Waals surface area contributed by atoms with E-state index in [4.69, 9.17) is 13.8 Å². The number of allylic oxidation sites excluding steroid dienone is 2.